The third-order valence-corrected chi connectivity index (χ3v) is 3.79. The Bertz CT molecular complexity index is 536. The summed E-state index contributed by atoms with van der Waals surface area (Å²) < 4.78 is 13.3. The Morgan fingerprint density at radius 1 is 1.10 bits per heavy atom. The maximum Gasteiger partial charge on any atom is 0.123 e. The van der Waals surface area contributed by atoms with Gasteiger partial charge >= 0.3 is 0 Å². The van der Waals surface area contributed by atoms with Crippen molar-refractivity contribution in [3.05, 3.63) is 71.0 Å². The fourth-order valence-electron chi connectivity index (χ4n) is 2.60. The molecule has 2 aromatic carbocycles. The van der Waals surface area contributed by atoms with Crippen LogP contribution in [0.15, 0.2) is 48.5 Å². The normalized spacial score (nSPS) is 12.3. The first-order valence-electron chi connectivity index (χ1n) is 7.15. The van der Waals surface area contributed by atoms with Crippen LogP contribution < -0.4 is 5.32 Å². The van der Waals surface area contributed by atoms with Gasteiger partial charge in [-0.05, 0) is 61.6 Å². The van der Waals surface area contributed by atoms with Crippen molar-refractivity contribution in [1.82, 2.24) is 5.32 Å². The van der Waals surface area contributed by atoms with E-state index in [0.717, 1.165) is 24.9 Å². The average Bonchev–Trinajstić information content (AvgIpc) is 2.47. The molecule has 1 unspecified atom stereocenters. The van der Waals surface area contributed by atoms with Crippen LogP contribution in [0.25, 0.3) is 0 Å². The Morgan fingerprint density at radius 3 is 2.55 bits per heavy atom. The molecule has 0 aromatic heterocycles. The molecular weight excluding hydrogens is 249 g/mol. The Hall–Kier alpha value is -1.67. The second-order valence-electron chi connectivity index (χ2n) is 5.27. The van der Waals surface area contributed by atoms with Crippen molar-refractivity contribution in [3.63, 3.8) is 0 Å². The predicted octanol–water partition coefficient (Wildman–Crippen LogP) is 4.07. The molecule has 0 spiro atoms. The predicted molar refractivity (Wildman–Crippen MR) is 82.6 cm³/mol. The van der Waals surface area contributed by atoms with Gasteiger partial charge in [0.1, 0.15) is 5.82 Å². The summed E-state index contributed by atoms with van der Waals surface area (Å²) in [7, 11) is 1.98. The molecule has 1 atom stereocenters. The molecule has 0 fully saturated rings. The minimum atomic E-state index is -0.143. The van der Waals surface area contributed by atoms with Crippen LogP contribution in [0, 0.1) is 12.7 Å². The van der Waals surface area contributed by atoms with Gasteiger partial charge in [0.2, 0.25) is 0 Å². The van der Waals surface area contributed by atoms with Crippen molar-refractivity contribution in [2.45, 2.75) is 25.7 Å². The van der Waals surface area contributed by atoms with Gasteiger partial charge in [-0.25, -0.2) is 4.39 Å². The molecule has 106 valence electrons. The van der Waals surface area contributed by atoms with Crippen molar-refractivity contribution in [2.75, 3.05) is 13.6 Å². The number of likely N-dealkylation sites (N-methyl/N-ethyl adjacent to an activating group) is 1. The second-order valence-corrected chi connectivity index (χ2v) is 5.27. The number of aryl methyl sites for hydroxylation is 2. The van der Waals surface area contributed by atoms with E-state index in [0.29, 0.717) is 5.92 Å². The Balaban J connectivity index is 2.07. The monoisotopic (exact) mass is 271 g/mol. The van der Waals surface area contributed by atoms with E-state index in [1.54, 1.807) is 6.07 Å². The van der Waals surface area contributed by atoms with E-state index in [2.05, 4.69) is 29.6 Å². The highest BCUT2D eigenvalue weighted by atomic mass is 19.1. The molecule has 0 saturated carbocycles. The molecule has 0 radical (unpaired) electrons. The molecule has 0 saturated heterocycles. The van der Waals surface area contributed by atoms with Crippen LogP contribution in [-0.2, 0) is 6.42 Å². The van der Waals surface area contributed by atoms with Crippen molar-refractivity contribution in [2.24, 2.45) is 0 Å². The first kappa shape index (κ1) is 14.7. The number of hydrogen-bond acceptors (Lipinski definition) is 1. The van der Waals surface area contributed by atoms with Gasteiger partial charge in [-0.2, -0.15) is 0 Å². The second kappa shape index (κ2) is 7.20. The number of halogens is 1. The molecule has 0 heterocycles. The van der Waals surface area contributed by atoms with Crippen molar-refractivity contribution < 1.29 is 4.39 Å². The largest absolute Gasteiger partial charge is 0.319 e. The van der Waals surface area contributed by atoms with Crippen molar-refractivity contribution >= 4 is 0 Å². The SMILES string of the molecule is CNCC(CCc1cc(F)ccc1C)c1ccccc1. The maximum absolute atomic E-state index is 13.3. The highest BCUT2D eigenvalue weighted by Gasteiger charge is 2.11. The van der Waals surface area contributed by atoms with Gasteiger partial charge < -0.3 is 5.32 Å². The van der Waals surface area contributed by atoms with E-state index < -0.39 is 0 Å². The molecule has 1 N–H and O–H groups in total. The summed E-state index contributed by atoms with van der Waals surface area (Å²) in [6.45, 7) is 2.99. The van der Waals surface area contributed by atoms with E-state index in [4.69, 9.17) is 0 Å². The molecule has 2 aromatic rings. The lowest BCUT2D eigenvalue weighted by Gasteiger charge is -2.17. The maximum atomic E-state index is 13.3. The minimum absolute atomic E-state index is 0.143. The number of benzene rings is 2. The zero-order valence-electron chi connectivity index (χ0n) is 12.2. The first-order chi connectivity index (χ1) is 9.70. The Morgan fingerprint density at radius 2 is 1.85 bits per heavy atom. The first-order valence-corrected chi connectivity index (χ1v) is 7.15. The summed E-state index contributed by atoms with van der Waals surface area (Å²) >= 11 is 0. The number of rotatable bonds is 6. The summed E-state index contributed by atoms with van der Waals surface area (Å²) in [6, 6.07) is 15.6. The standard InChI is InChI=1S/C18H22FN/c1-14-8-11-18(19)12-16(14)9-10-17(13-20-2)15-6-4-3-5-7-15/h3-8,11-12,17,20H,9-10,13H2,1-2H3. The van der Waals surface area contributed by atoms with Crippen LogP contribution in [-0.4, -0.2) is 13.6 Å². The van der Waals surface area contributed by atoms with E-state index in [1.807, 2.05) is 26.1 Å². The van der Waals surface area contributed by atoms with Crippen molar-refractivity contribution in [3.8, 4) is 0 Å². The molecule has 2 rings (SSSR count). The lowest BCUT2D eigenvalue weighted by molar-refractivity contribution is 0.579. The van der Waals surface area contributed by atoms with E-state index in [-0.39, 0.29) is 5.82 Å². The van der Waals surface area contributed by atoms with Gasteiger partial charge in [0, 0.05) is 6.54 Å². The Kier molecular flexibility index (Phi) is 5.31. The van der Waals surface area contributed by atoms with Gasteiger partial charge in [-0.15, -0.1) is 0 Å². The van der Waals surface area contributed by atoms with Gasteiger partial charge in [-0.1, -0.05) is 36.4 Å². The van der Waals surface area contributed by atoms with E-state index in [9.17, 15) is 4.39 Å². The topological polar surface area (TPSA) is 12.0 Å². The molecule has 0 amide bonds. The van der Waals surface area contributed by atoms with Crippen molar-refractivity contribution in [1.29, 1.82) is 0 Å². The molecule has 0 aliphatic rings. The zero-order chi connectivity index (χ0) is 14.4. The summed E-state index contributed by atoms with van der Waals surface area (Å²) in [4.78, 5) is 0. The molecule has 2 heteroatoms. The van der Waals surface area contributed by atoms with Crippen LogP contribution in [0.5, 0.6) is 0 Å². The van der Waals surface area contributed by atoms with Gasteiger partial charge in [0.25, 0.3) is 0 Å². The highest BCUT2D eigenvalue weighted by Crippen LogP contribution is 2.22. The average molecular weight is 271 g/mol. The number of hydrogen-bond donors (Lipinski definition) is 1. The molecule has 0 aliphatic carbocycles. The third kappa shape index (κ3) is 3.91. The van der Waals surface area contributed by atoms with Gasteiger partial charge in [-0.3, -0.25) is 0 Å². The van der Waals surface area contributed by atoms with E-state index in [1.165, 1.54) is 17.2 Å². The summed E-state index contributed by atoms with van der Waals surface area (Å²) in [5.41, 5.74) is 3.63. The quantitative estimate of drug-likeness (QED) is 0.835. The van der Waals surface area contributed by atoms with Gasteiger partial charge in [0.05, 0.1) is 0 Å². The molecule has 0 bridgehead atoms. The lowest BCUT2D eigenvalue weighted by atomic mass is 9.91. The zero-order valence-corrected chi connectivity index (χ0v) is 12.2. The van der Waals surface area contributed by atoms with Crippen LogP contribution in [0.1, 0.15) is 29.0 Å². The molecular formula is C18H22FN. The van der Waals surface area contributed by atoms with Crippen LogP contribution in [0.3, 0.4) is 0 Å². The highest BCUT2D eigenvalue weighted by molar-refractivity contribution is 5.27. The smallest absolute Gasteiger partial charge is 0.123 e. The minimum Gasteiger partial charge on any atom is -0.319 e. The van der Waals surface area contributed by atoms with Crippen LogP contribution in [0.4, 0.5) is 4.39 Å². The summed E-state index contributed by atoms with van der Waals surface area (Å²) in [5, 5.41) is 3.25. The van der Waals surface area contributed by atoms with Crippen LogP contribution in [0.2, 0.25) is 0 Å². The number of nitrogens with one attached hydrogen (secondary N) is 1. The third-order valence-electron chi connectivity index (χ3n) is 3.79. The molecule has 1 nitrogen and oxygen atoms in total. The van der Waals surface area contributed by atoms with E-state index >= 15 is 0 Å². The fourth-order valence-corrected chi connectivity index (χ4v) is 2.60. The molecule has 20 heavy (non-hydrogen) atoms. The van der Waals surface area contributed by atoms with Crippen LogP contribution >= 0.6 is 0 Å². The Labute approximate surface area is 120 Å². The van der Waals surface area contributed by atoms with Gasteiger partial charge in [0.15, 0.2) is 0 Å². The fraction of sp³-hybridized carbons (Fsp3) is 0.333. The lowest BCUT2D eigenvalue weighted by Crippen LogP contribution is -2.18. The molecule has 0 aliphatic heterocycles. The summed E-state index contributed by atoms with van der Waals surface area (Å²) in [5.74, 6) is 0.319. The summed E-state index contributed by atoms with van der Waals surface area (Å²) in [6.07, 6.45) is 1.93.